The summed E-state index contributed by atoms with van der Waals surface area (Å²) >= 11 is 0.932. The van der Waals surface area contributed by atoms with Crippen LogP contribution in [0.2, 0.25) is 0 Å². The molecule has 0 spiro atoms. The van der Waals surface area contributed by atoms with E-state index in [9.17, 15) is 19.2 Å². The predicted octanol–water partition coefficient (Wildman–Crippen LogP) is 0.638. The van der Waals surface area contributed by atoms with E-state index >= 15 is 0 Å². The second-order valence-corrected chi connectivity index (χ2v) is 6.65. The zero-order chi connectivity index (χ0) is 18.5. The third-order valence-electron chi connectivity index (χ3n) is 4.02. The Bertz CT molecular complexity index is 847. The minimum Gasteiger partial charge on any atom is -0.361 e. The third kappa shape index (κ3) is 4.05. The highest BCUT2D eigenvalue weighted by atomic mass is 32.2. The maximum Gasteiger partial charge on any atom is 0.309 e. The molecule has 9 heteroatoms. The smallest absolute Gasteiger partial charge is 0.309 e. The van der Waals surface area contributed by atoms with Gasteiger partial charge in [-0.1, -0.05) is 30.0 Å². The zero-order valence-corrected chi connectivity index (χ0v) is 14.7. The van der Waals surface area contributed by atoms with Crippen molar-refractivity contribution in [3.63, 3.8) is 0 Å². The number of aromatic nitrogens is 1. The number of thioether (sulfide) groups is 1. The van der Waals surface area contributed by atoms with E-state index in [4.69, 9.17) is 0 Å². The molecule has 0 saturated carbocycles. The second kappa shape index (κ2) is 8.05. The highest BCUT2D eigenvalue weighted by Gasteiger charge is 2.29. The molecular formula is C17H18N4O4S. The number of nitrogens with one attached hydrogen (secondary N) is 3. The van der Waals surface area contributed by atoms with Gasteiger partial charge in [-0.05, 0) is 18.1 Å². The number of H-pyrrole nitrogens is 1. The van der Waals surface area contributed by atoms with E-state index in [0.29, 0.717) is 13.0 Å². The normalized spacial score (nSPS) is 14.1. The van der Waals surface area contributed by atoms with Crippen LogP contribution in [0.4, 0.5) is 4.79 Å². The van der Waals surface area contributed by atoms with Crippen molar-refractivity contribution in [2.75, 3.05) is 25.4 Å². The maximum absolute atomic E-state index is 11.8. The number of aromatic amines is 1. The lowest BCUT2D eigenvalue weighted by Crippen LogP contribution is -2.44. The Kier molecular flexibility index (Phi) is 5.57. The SMILES string of the molecule is O=C(NCCc1c[nH]c2ccccc12)C(=O)NCCN1C(=O)CSC1=O. The van der Waals surface area contributed by atoms with Crippen LogP contribution in [-0.2, 0) is 20.8 Å². The highest BCUT2D eigenvalue weighted by molar-refractivity contribution is 8.14. The fraction of sp³-hybridized carbons (Fsp3) is 0.294. The van der Waals surface area contributed by atoms with Crippen molar-refractivity contribution in [1.29, 1.82) is 0 Å². The molecule has 3 N–H and O–H groups in total. The number of para-hydroxylation sites is 1. The fourth-order valence-electron chi connectivity index (χ4n) is 2.69. The average molecular weight is 374 g/mol. The largest absolute Gasteiger partial charge is 0.361 e. The summed E-state index contributed by atoms with van der Waals surface area (Å²) in [6.07, 6.45) is 2.48. The molecule has 0 unspecified atom stereocenters. The zero-order valence-electron chi connectivity index (χ0n) is 13.9. The fourth-order valence-corrected chi connectivity index (χ4v) is 3.44. The first-order valence-corrected chi connectivity index (χ1v) is 9.13. The lowest BCUT2D eigenvalue weighted by Gasteiger charge is -2.13. The number of hydrogen-bond acceptors (Lipinski definition) is 5. The lowest BCUT2D eigenvalue weighted by atomic mass is 10.1. The van der Waals surface area contributed by atoms with E-state index in [0.717, 1.165) is 33.1 Å². The van der Waals surface area contributed by atoms with Gasteiger partial charge < -0.3 is 15.6 Å². The van der Waals surface area contributed by atoms with Crippen LogP contribution < -0.4 is 10.6 Å². The van der Waals surface area contributed by atoms with Gasteiger partial charge in [-0.2, -0.15) is 0 Å². The molecule has 1 aliphatic rings. The average Bonchev–Trinajstić information content (AvgIpc) is 3.19. The van der Waals surface area contributed by atoms with Crippen molar-refractivity contribution in [3.05, 3.63) is 36.0 Å². The van der Waals surface area contributed by atoms with Gasteiger partial charge in [0.1, 0.15) is 0 Å². The van der Waals surface area contributed by atoms with E-state index in [1.54, 1.807) is 0 Å². The predicted molar refractivity (Wildman–Crippen MR) is 97.6 cm³/mol. The second-order valence-electron chi connectivity index (χ2n) is 5.72. The Morgan fingerprint density at radius 3 is 2.58 bits per heavy atom. The quantitative estimate of drug-likeness (QED) is 0.643. The van der Waals surface area contributed by atoms with Crippen LogP contribution in [-0.4, -0.2) is 58.2 Å². The van der Waals surface area contributed by atoms with Crippen LogP contribution in [0.5, 0.6) is 0 Å². The molecule has 1 saturated heterocycles. The van der Waals surface area contributed by atoms with Crippen molar-refractivity contribution in [2.45, 2.75) is 6.42 Å². The van der Waals surface area contributed by atoms with E-state index in [1.807, 2.05) is 30.5 Å². The summed E-state index contributed by atoms with van der Waals surface area (Å²) in [6, 6.07) is 7.85. The molecule has 1 aromatic carbocycles. The Morgan fingerprint density at radius 2 is 1.85 bits per heavy atom. The number of amides is 4. The van der Waals surface area contributed by atoms with Gasteiger partial charge in [-0.15, -0.1) is 0 Å². The first kappa shape index (κ1) is 18.0. The Morgan fingerprint density at radius 1 is 1.12 bits per heavy atom. The van der Waals surface area contributed by atoms with Crippen LogP contribution in [0.3, 0.4) is 0 Å². The Balaban J connectivity index is 1.39. The summed E-state index contributed by atoms with van der Waals surface area (Å²) in [5.41, 5.74) is 2.08. The van der Waals surface area contributed by atoms with Crippen LogP contribution in [0.15, 0.2) is 30.5 Å². The number of carbonyl (C=O) groups is 4. The molecule has 4 amide bonds. The first-order chi connectivity index (χ1) is 12.6. The topological polar surface area (TPSA) is 111 Å². The molecule has 2 aromatic rings. The number of fused-ring (bicyclic) bond motifs is 1. The number of nitrogens with zero attached hydrogens (tertiary/aromatic N) is 1. The number of carbonyl (C=O) groups excluding carboxylic acids is 4. The van der Waals surface area contributed by atoms with Crippen LogP contribution >= 0.6 is 11.8 Å². The molecular weight excluding hydrogens is 356 g/mol. The Labute approximate surface area is 153 Å². The standard InChI is InChI=1S/C17H18N4O4S/c22-14-10-26-17(25)21(14)8-7-19-16(24)15(23)18-6-5-11-9-20-13-4-2-1-3-12(11)13/h1-4,9,20H,5-8,10H2,(H,18,23)(H,19,24). The van der Waals surface area contributed by atoms with Gasteiger partial charge in [0, 0.05) is 36.7 Å². The molecule has 2 heterocycles. The monoisotopic (exact) mass is 374 g/mol. The minimum absolute atomic E-state index is 0.0484. The summed E-state index contributed by atoms with van der Waals surface area (Å²) in [6.45, 7) is 0.444. The number of hydrogen-bond donors (Lipinski definition) is 3. The van der Waals surface area contributed by atoms with Gasteiger partial charge in [0.2, 0.25) is 5.91 Å². The van der Waals surface area contributed by atoms with E-state index in [2.05, 4.69) is 15.6 Å². The maximum atomic E-state index is 11.8. The number of rotatable bonds is 6. The van der Waals surface area contributed by atoms with Crippen LogP contribution in [0.25, 0.3) is 10.9 Å². The Hall–Kier alpha value is -2.81. The van der Waals surface area contributed by atoms with Gasteiger partial charge in [-0.25, -0.2) is 0 Å². The molecule has 136 valence electrons. The van der Waals surface area contributed by atoms with Gasteiger partial charge in [0.25, 0.3) is 5.24 Å². The molecule has 0 bridgehead atoms. The molecule has 0 aliphatic carbocycles. The molecule has 8 nitrogen and oxygen atoms in total. The summed E-state index contributed by atoms with van der Waals surface area (Å²) in [5, 5.41) is 5.74. The summed E-state index contributed by atoms with van der Waals surface area (Å²) < 4.78 is 0. The highest BCUT2D eigenvalue weighted by Crippen LogP contribution is 2.18. The molecule has 1 aromatic heterocycles. The minimum atomic E-state index is -0.782. The number of imide groups is 1. The molecule has 1 fully saturated rings. The molecule has 1 aliphatic heterocycles. The van der Waals surface area contributed by atoms with Crippen molar-refractivity contribution >= 4 is 45.6 Å². The van der Waals surface area contributed by atoms with Crippen molar-refractivity contribution in [1.82, 2.24) is 20.5 Å². The van der Waals surface area contributed by atoms with Crippen LogP contribution in [0.1, 0.15) is 5.56 Å². The molecule has 26 heavy (non-hydrogen) atoms. The van der Waals surface area contributed by atoms with Gasteiger partial charge in [0.05, 0.1) is 5.75 Å². The number of benzene rings is 1. The van der Waals surface area contributed by atoms with Gasteiger partial charge in [-0.3, -0.25) is 24.1 Å². The van der Waals surface area contributed by atoms with Gasteiger partial charge in [0.15, 0.2) is 0 Å². The van der Waals surface area contributed by atoms with Gasteiger partial charge >= 0.3 is 11.8 Å². The van der Waals surface area contributed by atoms with Crippen molar-refractivity contribution < 1.29 is 19.2 Å². The lowest BCUT2D eigenvalue weighted by molar-refractivity contribution is -0.139. The third-order valence-corrected chi connectivity index (χ3v) is 4.88. The van der Waals surface area contributed by atoms with Crippen molar-refractivity contribution in [2.24, 2.45) is 0 Å². The molecule has 0 atom stereocenters. The van der Waals surface area contributed by atoms with Crippen molar-refractivity contribution in [3.8, 4) is 0 Å². The van der Waals surface area contributed by atoms with E-state index in [1.165, 1.54) is 0 Å². The summed E-state index contributed by atoms with van der Waals surface area (Å²) in [4.78, 5) is 50.6. The first-order valence-electron chi connectivity index (χ1n) is 8.14. The summed E-state index contributed by atoms with van der Waals surface area (Å²) in [7, 11) is 0. The van der Waals surface area contributed by atoms with Crippen LogP contribution in [0, 0.1) is 0 Å². The van der Waals surface area contributed by atoms with E-state index in [-0.39, 0.29) is 30.0 Å². The molecule has 3 rings (SSSR count). The molecule has 0 radical (unpaired) electrons. The summed E-state index contributed by atoms with van der Waals surface area (Å²) in [5.74, 6) is -1.67. The van der Waals surface area contributed by atoms with E-state index < -0.39 is 11.8 Å².